The van der Waals surface area contributed by atoms with Crippen molar-refractivity contribution < 1.29 is 0 Å². The Morgan fingerprint density at radius 2 is 2.29 bits per heavy atom. The number of aromatic amines is 1. The Morgan fingerprint density at radius 1 is 1.41 bits per heavy atom. The first-order chi connectivity index (χ1) is 8.31. The van der Waals surface area contributed by atoms with E-state index < -0.39 is 0 Å². The molecule has 2 aromatic heterocycles. The molecule has 0 atom stereocenters. The van der Waals surface area contributed by atoms with Gasteiger partial charge >= 0.3 is 0 Å². The van der Waals surface area contributed by atoms with Gasteiger partial charge in [0.15, 0.2) is 0 Å². The second-order valence-electron chi connectivity index (χ2n) is 4.14. The first kappa shape index (κ1) is 10.7. The summed E-state index contributed by atoms with van der Waals surface area (Å²) in [5.41, 5.74) is 1.03. The molecule has 2 heterocycles. The number of nitrogens with zero attached hydrogens (tertiary/aromatic N) is 3. The molecule has 0 spiro atoms. The van der Waals surface area contributed by atoms with E-state index in [4.69, 9.17) is 0 Å². The highest BCUT2D eigenvalue weighted by molar-refractivity contribution is 9.10. The summed E-state index contributed by atoms with van der Waals surface area (Å²) in [6.45, 7) is 0.688. The molecule has 0 bridgehead atoms. The maximum Gasteiger partial charge on any atom is 0.135 e. The topological polar surface area (TPSA) is 66.5 Å². The molecular formula is C11H12BrN5. The van der Waals surface area contributed by atoms with Gasteiger partial charge in [-0.3, -0.25) is 0 Å². The first-order valence-electron chi connectivity index (χ1n) is 5.57. The van der Waals surface area contributed by atoms with Crippen LogP contribution in [0.15, 0.2) is 23.2 Å². The summed E-state index contributed by atoms with van der Waals surface area (Å²) in [7, 11) is 0. The van der Waals surface area contributed by atoms with Crippen LogP contribution in [0.2, 0.25) is 0 Å². The van der Waals surface area contributed by atoms with E-state index in [0.717, 1.165) is 21.9 Å². The minimum atomic E-state index is 0.556. The molecule has 1 aliphatic rings. The van der Waals surface area contributed by atoms with Crippen molar-refractivity contribution in [3.8, 4) is 0 Å². The fraction of sp³-hybridized carbons (Fsp3) is 0.364. The molecule has 0 radical (unpaired) electrons. The van der Waals surface area contributed by atoms with Crippen LogP contribution in [0.4, 0.5) is 5.82 Å². The molecular weight excluding hydrogens is 282 g/mol. The third-order valence-corrected chi connectivity index (χ3v) is 3.08. The van der Waals surface area contributed by atoms with Gasteiger partial charge in [-0.15, -0.1) is 0 Å². The molecule has 5 nitrogen and oxygen atoms in total. The minimum Gasteiger partial charge on any atom is -0.364 e. The number of aromatic nitrogens is 4. The molecule has 2 N–H and O–H groups in total. The van der Waals surface area contributed by atoms with Crippen molar-refractivity contribution in [2.24, 2.45) is 0 Å². The number of rotatable bonds is 4. The van der Waals surface area contributed by atoms with Crippen molar-refractivity contribution >= 4 is 21.7 Å². The Labute approximate surface area is 107 Å². The van der Waals surface area contributed by atoms with E-state index in [1.54, 1.807) is 12.5 Å². The summed E-state index contributed by atoms with van der Waals surface area (Å²) in [5.74, 6) is 2.34. The van der Waals surface area contributed by atoms with E-state index in [1.807, 2.05) is 6.07 Å². The summed E-state index contributed by atoms with van der Waals surface area (Å²) >= 11 is 3.42. The number of nitrogens with one attached hydrogen (secondary N) is 2. The normalized spacial score (nSPS) is 14.9. The summed E-state index contributed by atoms with van der Waals surface area (Å²) < 4.78 is 0.835. The summed E-state index contributed by atoms with van der Waals surface area (Å²) in [6.07, 6.45) is 5.88. The van der Waals surface area contributed by atoms with Gasteiger partial charge in [0.05, 0.1) is 18.6 Å². The second-order valence-corrected chi connectivity index (χ2v) is 4.95. The van der Waals surface area contributed by atoms with Crippen molar-refractivity contribution in [1.29, 1.82) is 0 Å². The van der Waals surface area contributed by atoms with Gasteiger partial charge in [-0.2, -0.15) is 0 Å². The summed E-state index contributed by atoms with van der Waals surface area (Å²) in [5, 5.41) is 3.26. The number of imidazole rings is 1. The van der Waals surface area contributed by atoms with Gasteiger partial charge < -0.3 is 10.3 Å². The monoisotopic (exact) mass is 293 g/mol. The molecule has 88 valence electrons. The predicted molar refractivity (Wildman–Crippen MR) is 67.6 cm³/mol. The van der Waals surface area contributed by atoms with Gasteiger partial charge in [0.25, 0.3) is 0 Å². The molecule has 0 saturated heterocycles. The number of hydrogen-bond acceptors (Lipinski definition) is 4. The fourth-order valence-electron chi connectivity index (χ4n) is 1.62. The molecule has 6 heteroatoms. The van der Waals surface area contributed by atoms with Gasteiger partial charge in [0.2, 0.25) is 0 Å². The van der Waals surface area contributed by atoms with Crippen molar-refractivity contribution in [3.63, 3.8) is 0 Å². The number of hydrogen-bond donors (Lipinski definition) is 2. The van der Waals surface area contributed by atoms with Gasteiger partial charge in [-0.05, 0) is 28.8 Å². The van der Waals surface area contributed by atoms with Gasteiger partial charge in [-0.1, -0.05) is 0 Å². The quantitative estimate of drug-likeness (QED) is 0.850. The molecule has 0 unspecified atom stereocenters. The Kier molecular flexibility index (Phi) is 2.80. The van der Waals surface area contributed by atoms with E-state index in [0.29, 0.717) is 12.5 Å². The van der Waals surface area contributed by atoms with E-state index in [2.05, 4.69) is 41.2 Å². The maximum atomic E-state index is 4.51. The summed E-state index contributed by atoms with van der Waals surface area (Å²) in [6, 6.07) is 1.89. The molecule has 0 aliphatic heterocycles. The Balaban J connectivity index is 1.73. The summed E-state index contributed by atoms with van der Waals surface area (Å²) in [4.78, 5) is 15.9. The van der Waals surface area contributed by atoms with Crippen molar-refractivity contribution in [2.45, 2.75) is 25.3 Å². The molecule has 17 heavy (non-hydrogen) atoms. The van der Waals surface area contributed by atoms with Gasteiger partial charge in [0, 0.05) is 18.2 Å². The Hall–Kier alpha value is -1.43. The third-order valence-electron chi connectivity index (χ3n) is 2.67. The van der Waals surface area contributed by atoms with Gasteiger partial charge in [0.1, 0.15) is 16.2 Å². The minimum absolute atomic E-state index is 0.556. The average Bonchev–Trinajstić information content (AvgIpc) is 3.04. The van der Waals surface area contributed by atoms with E-state index in [1.165, 1.54) is 12.8 Å². The Bertz CT molecular complexity index is 507. The van der Waals surface area contributed by atoms with E-state index >= 15 is 0 Å². The zero-order valence-electron chi connectivity index (χ0n) is 9.15. The second kappa shape index (κ2) is 4.44. The van der Waals surface area contributed by atoms with Crippen LogP contribution in [0.1, 0.15) is 30.3 Å². The lowest BCUT2D eigenvalue weighted by atomic mass is 10.4. The molecule has 1 fully saturated rings. The zero-order chi connectivity index (χ0) is 11.7. The largest absolute Gasteiger partial charge is 0.364 e. The van der Waals surface area contributed by atoms with E-state index in [-0.39, 0.29) is 0 Å². The number of halogens is 1. The molecule has 1 aliphatic carbocycles. The fourth-order valence-corrected chi connectivity index (χ4v) is 2.02. The third kappa shape index (κ3) is 2.63. The van der Waals surface area contributed by atoms with Crippen LogP contribution < -0.4 is 5.32 Å². The van der Waals surface area contributed by atoms with E-state index in [9.17, 15) is 0 Å². The number of H-pyrrole nitrogens is 1. The van der Waals surface area contributed by atoms with Crippen molar-refractivity contribution in [2.75, 3.05) is 5.32 Å². The van der Waals surface area contributed by atoms with Crippen LogP contribution >= 0.6 is 15.9 Å². The zero-order valence-corrected chi connectivity index (χ0v) is 10.7. The molecule has 1 saturated carbocycles. The highest BCUT2D eigenvalue weighted by Crippen LogP contribution is 2.38. The van der Waals surface area contributed by atoms with Crippen molar-refractivity contribution in [3.05, 3.63) is 34.7 Å². The lowest BCUT2D eigenvalue weighted by molar-refractivity contribution is 0.908. The van der Waals surface area contributed by atoms with Gasteiger partial charge in [-0.25, -0.2) is 15.0 Å². The van der Waals surface area contributed by atoms with Crippen LogP contribution in [0.5, 0.6) is 0 Å². The van der Waals surface area contributed by atoms with Crippen LogP contribution in [0.3, 0.4) is 0 Å². The average molecular weight is 294 g/mol. The number of anilines is 1. The standard InChI is InChI=1S/C11H12BrN5/c12-9-3-10(14-5-8-4-13-6-15-8)17-11(16-9)7-1-2-7/h3-4,6-7H,1-2,5H2,(H,13,15)(H,14,16,17). The highest BCUT2D eigenvalue weighted by Gasteiger charge is 2.27. The molecule has 3 rings (SSSR count). The van der Waals surface area contributed by atoms with Crippen LogP contribution in [0.25, 0.3) is 0 Å². The molecule has 0 aromatic carbocycles. The smallest absolute Gasteiger partial charge is 0.135 e. The molecule has 2 aromatic rings. The van der Waals surface area contributed by atoms with Crippen LogP contribution in [-0.4, -0.2) is 19.9 Å². The Morgan fingerprint density at radius 3 is 3.00 bits per heavy atom. The maximum absolute atomic E-state index is 4.51. The van der Waals surface area contributed by atoms with Crippen molar-refractivity contribution in [1.82, 2.24) is 19.9 Å². The first-order valence-corrected chi connectivity index (χ1v) is 6.36. The van der Waals surface area contributed by atoms with Crippen LogP contribution in [0, 0.1) is 0 Å². The predicted octanol–water partition coefficient (Wildman–Crippen LogP) is 2.45. The SMILES string of the molecule is Brc1cc(NCc2cnc[nH]2)nc(C2CC2)n1. The lowest BCUT2D eigenvalue weighted by Gasteiger charge is -2.06. The highest BCUT2D eigenvalue weighted by atomic mass is 79.9. The van der Waals surface area contributed by atoms with Crippen LogP contribution in [-0.2, 0) is 6.54 Å². The lowest BCUT2D eigenvalue weighted by Crippen LogP contribution is -2.04. The molecule has 0 amide bonds.